The Bertz CT molecular complexity index is 602. The lowest BCUT2D eigenvalue weighted by atomic mass is 10.2. The summed E-state index contributed by atoms with van der Waals surface area (Å²) in [6.07, 6.45) is 1.80. The Labute approximate surface area is 125 Å². The molecule has 0 aliphatic carbocycles. The van der Waals surface area contributed by atoms with Crippen LogP contribution in [-0.2, 0) is 0 Å². The summed E-state index contributed by atoms with van der Waals surface area (Å²) in [6.45, 7) is 5.48. The van der Waals surface area contributed by atoms with Crippen molar-refractivity contribution in [2.75, 3.05) is 36.0 Å². The molecule has 3 rings (SSSR count). The van der Waals surface area contributed by atoms with Gasteiger partial charge in [-0.15, -0.1) is 0 Å². The van der Waals surface area contributed by atoms with Crippen molar-refractivity contribution in [3.63, 3.8) is 0 Å². The number of rotatable bonds is 3. The predicted octanol–water partition coefficient (Wildman–Crippen LogP) is 2.61. The largest absolute Gasteiger partial charge is 0.368 e. The predicted molar refractivity (Wildman–Crippen MR) is 85.1 cm³/mol. The number of para-hydroxylation sites is 1. The molecule has 0 radical (unpaired) electrons. The van der Waals surface area contributed by atoms with E-state index in [1.165, 1.54) is 5.69 Å². The van der Waals surface area contributed by atoms with E-state index in [-0.39, 0.29) is 5.78 Å². The van der Waals surface area contributed by atoms with Crippen LogP contribution in [-0.4, -0.2) is 36.9 Å². The number of carbonyl (C=O) groups excluding carboxylic acids is 1. The van der Waals surface area contributed by atoms with Gasteiger partial charge < -0.3 is 9.80 Å². The molecule has 2 heterocycles. The molecule has 0 atom stereocenters. The van der Waals surface area contributed by atoms with Crippen LogP contribution in [0.3, 0.4) is 0 Å². The smallest absolute Gasteiger partial charge is 0.178 e. The maximum atomic E-state index is 11.3. The van der Waals surface area contributed by atoms with E-state index in [0.717, 1.165) is 31.9 Å². The van der Waals surface area contributed by atoms with E-state index < -0.39 is 0 Å². The number of carbonyl (C=O) groups is 1. The highest BCUT2D eigenvalue weighted by molar-refractivity contribution is 5.92. The van der Waals surface area contributed by atoms with E-state index in [1.54, 1.807) is 19.2 Å². The van der Waals surface area contributed by atoms with Crippen molar-refractivity contribution in [2.24, 2.45) is 0 Å². The quantitative estimate of drug-likeness (QED) is 0.810. The van der Waals surface area contributed by atoms with Crippen LogP contribution < -0.4 is 9.80 Å². The Kier molecular flexibility index (Phi) is 3.86. The molecule has 4 heteroatoms. The highest BCUT2D eigenvalue weighted by Gasteiger charge is 2.17. The molecule has 0 spiro atoms. The van der Waals surface area contributed by atoms with Gasteiger partial charge in [0.2, 0.25) is 0 Å². The Morgan fingerprint density at radius 3 is 2.05 bits per heavy atom. The van der Waals surface area contributed by atoms with Crippen LogP contribution in [0, 0.1) is 0 Å². The molecule has 1 aliphatic heterocycles. The van der Waals surface area contributed by atoms with Crippen molar-refractivity contribution in [1.29, 1.82) is 0 Å². The van der Waals surface area contributed by atoms with Crippen molar-refractivity contribution in [3.05, 3.63) is 54.4 Å². The van der Waals surface area contributed by atoms with Crippen LogP contribution in [0.1, 0.15) is 17.4 Å². The minimum atomic E-state index is 0.00967. The average Bonchev–Trinajstić information content (AvgIpc) is 2.56. The monoisotopic (exact) mass is 281 g/mol. The first-order chi connectivity index (χ1) is 10.2. The molecule has 1 aliphatic rings. The summed E-state index contributed by atoms with van der Waals surface area (Å²) in [5.41, 5.74) is 2.90. The molecule has 0 N–H and O–H groups in total. The number of hydrogen-bond acceptors (Lipinski definition) is 4. The van der Waals surface area contributed by atoms with Gasteiger partial charge in [0.05, 0.1) is 11.9 Å². The van der Waals surface area contributed by atoms with Gasteiger partial charge in [-0.05, 0) is 24.3 Å². The number of hydrogen-bond donors (Lipinski definition) is 0. The van der Waals surface area contributed by atoms with Crippen molar-refractivity contribution >= 4 is 17.2 Å². The molecule has 21 heavy (non-hydrogen) atoms. The van der Waals surface area contributed by atoms with Crippen molar-refractivity contribution < 1.29 is 4.79 Å². The second-order valence-corrected chi connectivity index (χ2v) is 5.27. The molecule has 4 nitrogen and oxygen atoms in total. The second-order valence-electron chi connectivity index (χ2n) is 5.27. The summed E-state index contributed by atoms with van der Waals surface area (Å²) < 4.78 is 0. The van der Waals surface area contributed by atoms with E-state index in [2.05, 4.69) is 39.0 Å². The molecule has 1 aromatic heterocycles. The van der Waals surface area contributed by atoms with Crippen LogP contribution in [0.5, 0.6) is 0 Å². The van der Waals surface area contributed by atoms with Gasteiger partial charge in [0, 0.05) is 38.8 Å². The third kappa shape index (κ3) is 3.05. The lowest BCUT2D eigenvalue weighted by Gasteiger charge is -2.37. The van der Waals surface area contributed by atoms with Crippen LogP contribution in [0.4, 0.5) is 11.4 Å². The van der Waals surface area contributed by atoms with E-state index in [1.807, 2.05) is 12.1 Å². The van der Waals surface area contributed by atoms with Gasteiger partial charge in [-0.25, -0.2) is 0 Å². The molecule has 108 valence electrons. The molecule has 1 aromatic carbocycles. The molecule has 0 bridgehead atoms. The fourth-order valence-corrected chi connectivity index (χ4v) is 2.64. The number of pyridine rings is 1. The zero-order valence-corrected chi connectivity index (χ0v) is 12.2. The SMILES string of the molecule is CC(=O)c1ccc(N2CCN(c3ccccc3)CC2)cn1. The first-order valence-electron chi connectivity index (χ1n) is 7.26. The maximum Gasteiger partial charge on any atom is 0.178 e. The summed E-state index contributed by atoms with van der Waals surface area (Å²) >= 11 is 0. The topological polar surface area (TPSA) is 36.4 Å². The first-order valence-corrected chi connectivity index (χ1v) is 7.26. The molecule has 0 amide bonds. The molecule has 1 saturated heterocycles. The number of aromatic nitrogens is 1. The van der Waals surface area contributed by atoms with E-state index >= 15 is 0 Å². The summed E-state index contributed by atoms with van der Waals surface area (Å²) in [5, 5.41) is 0. The van der Waals surface area contributed by atoms with Crippen LogP contribution >= 0.6 is 0 Å². The number of ketones is 1. The van der Waals surface area contributed by atoms with E-state index in [4.69, 9.17) is 0 Å². The molecular formula is C17H19N3O. The number of benzene rings is 1. The Morgan fingerprint density at radius 1 is 0.905 bits per heavy atom. The normalized spacial score (nSPS) is 15.1. The van der Waals surface area contributed by atoms with Gasteiger partial charge in [0.15, 0.2) is 5.78 Å². The number of nitrogens with zero attached hydrogens (tertiary/aromatic N) is 3. The van der Waals surface area contributed by atoms with Crippen LogP contribution in [0.2, 0.25) is 0 Å². The van der Waals surface area contributed by atoms with Gasteiger partial charge in [0.1, 0.15) is 5.69 Å². The second kappa shape index (κ2) is 5.95. The lowest BCUT2D eigenvalue weighted by molar-refractivity contribution is 0.101. The van der Waals surface area contributed by atoms with Crippen LogP contribution in [0.15, 0.2) is 48.7 Å². The molecule has 0 saturated carbocycles. The fraction of sp³-hybridized carbons (Fsp3) is 0.294. The molecule has 1 fully saturated rings. The van der Waals surface area contributed by atoms with E-state index in [9.17, 15) is 4.79 Å². The third-order valence-electron chi connectivity index (χ3n) is 3.87. The highest BCUT2D eigenvalue weighted by Crippen LogP contribution is 2.19. The van der Waals surface area contributed by atoms with Gasteiger partial charge in [-0.1, -0.05) is 18.2 Å². The standard InChI is InChI=1S/C17H19N3O/c1-14(21)17-8-7-16(13-18-17)20-11-9-19(10-12-20)15-5-3-2-4-6-15/h2-8,13H,9-12H2,1H3. The van der Waals surface area contributed by atoms with Crippen molar-refractivity contribution in [1.82, 2.24) is 4.98 Å². The molecule has 0 unspecified atom stereocenters. The zero-order chi connectivity index (χ0) is 14.7. The van der Waals surface area contributed by atoms with Crippen molar-refractivity contribution in [3.8, 4) is 0 Å². The highest BCUT2D eigenvalue weighted by atomic mass is 16.1. The third-order valence-corrected chi connectivity index (χ3v) is 3.87. The summed E-state index contributed by atoms with van der Waals surface area (Å²) in [4.78, 5) is 20.2. The maximum absolute atomic E-state index is 11.3. The number of anilines is 2. The summed E-state index contributed by atoms with van der Waals surface area (Å²) in [7, 11) is 0. The molecular weight excluding hydrogens is 262 g/mol. The minimum absolute atomic E-state index is 0.00967. The van der Waals surface area contributed by atoms with Gasteiger partial charge in [0.25, 0.3) is 0 Å². The average molecular weight is 281 g/mol. The minimum Gasteiger partial charge on any atom is -0.368 e. The van der Waals surface area contributed by atoms with Crippen LogP contribution in [0.25, 0.3) is 0 Å². The Hall–Kier alpha value is -2.36. The van der Waals surface area contributed by atoms with Gasteiger partial charge >= 0.3 is 0 Å². The van der Waals surface area contributed by atoms with E-state index in [0.29, 0.717) is 5.69 Å². The fourth-order valence-electron chi connectivity index (χ4n) is 2.64. The first kappa shape index (κ1) is 13.6. The van der Waals surface area contributed by atoms with Crippen molar-refractivity contribution in [2.45, 2.75) is 6.92 Å². The molecule has 2 aromatic rings. The van der Waals surface area contributed by atoms with Gasteiger partial charge in [-0.2, -0.15) is 0 Å². The van der Waals surface area contributed by atoms with Gasteiger partial charge in [-0.3, -0.25) is 9.78 Å². The lowest BCUT2D eigenvalue weighted by Crippen LogP contribution is -2.46. The summed E-state index contributed by atoms with van der Waals surface area (Å²) in [5.74, 6) is 0.00967. The number of Topliss-reactive ketones (excluding diaryl/α,β-unsaturated/α-hetero) is 1. The Morgan fingerprint density at radius 2 is 1.52 bits per heavy atom. The number of piperazine rings is 1. The summed E-state index contributed by atoms with van der Waals surface area (Å²) in [6, 6.07) is 14.3. The Balaban J connectivity index is 1.64. The zero-order valence-electron chi connectivity index (χ0n) is 12.2.